The zero-order chi connectivity index (χ0) is 13.9. The zero-order valence-electron chi connectivity index (χ0n) is 11.3. The molecule has 1 amide bonds. The molecule has 0 radical (unpaired) electrons. The molecule has 1 aliphatic heterocycles. The third-order valence-electron chi connectivity index (χ3n) is 3.67. The van der Waals surface area contributed by atoms with Crippen LogP contribution >= 0.6 is 0 Å². The Morgan fingerprint density at radius 1 is 1.35 bits per heavy atom. The highest BCUT2D eigenvalue weighted by molar-refractivity contribution is 5.93. The summed E-state index contributed by atoms with van der Waals surface area (Å²) in [7, 11) is 0. The number of amides is 1. The van der Waals surface area contributed by atoms with E-state index in [0.29, 0.717) is 12.6 Å². The van der Waals surface area contributed by atoms with Crippen LogP contribution in [0.25, 0.3) is 0 Å². The molecule has 1 fully saturated rings. The Hall–Kier alpha value is -2.04. The molecule has 5 heteroatoms. The molecule has 3 N–H and O–H groups in total. The molecule has 0 aromatic heterocycles. The van der Waals surface area contributed by atoms with E-state index in [9.17, 15) is 4.79 Å². The third-order valence-corrected chi connectivity index (χ3v) is 3.67. The van der Waals surface area contributed by atoms with Gasteiger partial charge in [-0.15, -0.1) is 0 Å². The van der Waals surface area contributed by atoms with Crippen LogP contribution in [0.2, 0.25) is 0 Å². The molecule has 1 heterocycles. The molecular weight excluding hydrogens is 254 g/mol. The minimum Gasteiger partial charge on any atom is -0.463 e. The molecule has 1 aromatic rings. The van der Waals surface area contributed by atoms with Crippen LogP contribution in [0.4, 0.5) is 5.69 Å². The first kappa shape index (κ1) is 13.0. The fraction of sp³-hybridized carbons (Fsp3) is 0.467. The number of nitrogens with one attached hydrogen (secondary N) is 1. The van der Waals surface area contributed by atoms with Crippen molar-refractivity contribution in [1.29, 1.82) is 0 Å². The second kappa shape index (κ2) is 5.53. The summed E-state index contributed by atoms with van der Waals surface area (Å²) in [6.07, 6.45) is 3.91. The van der Waals surface area contributed by atoms with Gasteiger partial charge in [-0.2, -0.15) is 0 Å². The molecule has 106 valence electrons. The predicted octanol–water partition coefficient (Wildman–Crippen LogP) is 1.68. The van der Waals surface area contributed by atoms with Crippen LogP contribution in [0.3, 0.4) is 0 Å². The van der Waals surface area contributed by atoms with Crippen LogP contribution in [-0.4, -0.2) is 24.6 Å². The fourth-order valence-corrected chi connectivity index (χ4v) is 2.26. The van der Waals surface area contributed by atoms with Crippen LogP contribution in [0, 0.1) is 5.92 Å². The van der Waals surface area contributed by atoms with Crippen LogP contribution < -0.4 is 11.1 Å². The summed E-state index contributed by atoms with van der Waals surface area (Å²) in [4.78, 5) is 15.8. The standard InChI is InChI=1S/C15H19N3O2/c16-15-18-13(9-20-15)8-3-10-1-6-12(7-2-10)17-14(19)11-4-5-11/h1-2,6-7,11,13H,3-5,8-9H2,(H2,16,18)(H,17,19). The molecule has 1 unspecified atom stereocenters. The van der Waals surface area contributed by atoms with Crippen molar-refractivity contribution < 1.29 is 9.53 Å². The average Bonchev–Trinajstić information content (AvgIpc) is 3.22. The number of ether oxygens (including phenoxy) is 1. The number of anilines is 1. The number of nitrogens with zero attached hydrogens (tertiary/aromatic N) is 1. The van der Waals surface area contributed by atoms with Crippen molar-refractivity contribution in [2.75, 3.05) is 11.9 Å². The average molecular weight is 273 g/mol. The Kier molecular flexibility index (Phi) is 3.58. The van der Waals surface area contributed by atoms with Crippen LogP contribution in [0.1, 0.15) is 24.8 Å². The van der Waals surface area contributed by atoms with Gasteiger partial charge < -0.3 is 15.8 Å². The molecule has 5 nitrogen and oxygen atoms in total. The van der Waals surface area contributed by atoms with E-state index in [-0.39, 0.29) is 17.9 Å². The van der Waals surface area contributed by atoms with Gasteiger partial charge in [-0.25, -0.2) is 4.99 Å². The highest BCUT2D eigenvalue weighted by atomic mass is 16.5. The van der Waals surface area contributed by atoms with Gasteiger partial charge in [-0.05, 0) is 43.4 Å². The monoisotopic (exact) mass is 273 g/mol. The fourth-order valence-electron chi connectivity index (χ4n) is 2.26. The second-order valence-corrected chi connectivity index (χ2v) is 5.43. The van der Waals surface area contributed by atoms with Crippen molar-refractivity contribution in [2.45, 2.75) is 31.7 Å². The smallest absolute Gasteiger partial charge is 0.282 e. The number of rotatable bonds is 5. The van der Waals surface area contributed by atoms with Gasteiger partial charge in [0.2, 0.25) is 5.91 Å². The molecule has 3 rings (SSSR count). The van der Waals surface area contributed by atoms with E-state index in [4.69, 9.17) is 10.5 Å². The SMILES string of the molecule is NC1=NC(CCc2ccc(NC(=O)C3CC3)cc2)CO1. The number of hydrogen-bond acceptors (Lipinski definition) is 4. The Bertz CT molecular complexity index is 520. The molecule has 1 aromatic carbocycles. The Labute approximate surface area is 118 Å². The molecular formula is C15H19N3O2. The molecule has 1 atom stereocenters. The summed E-state index contributed by atoms with van der Waals surface area (Å²) in [6.45, 7) is 0.585. The third kappa shape index (κ3) is 3.29. The van der Waals surface area contributed by atoms with Crippen molar-refractivity contribution in [1.82, 2.24) is 0 Å². The second-order valence-electron chi connectivity index (χ2n) is 5.43. The quantitative estimate of drug-likeness (QED) is 0.857. The summed E-state index contributed by atoms with van der Waals surface area (Å²) >= 11 is 0. The van der Waals surface area contributed by atoms with Crippen LogP contribution in [0.5, 0.6) is 0 Å². The van der Waals surface area contributed by atoms with Gasteiger partial charge in [-0.1, -0.05) is 12.1 Å². The van der Waals surface area contributed by atoms with Crippen molar-refractivity contribution in [3.05, 3.63) is 29.8 Å². The van der Waals surface area contributed by atoms with E-state index < -0.39 is 0 Å². The lowest BCUT2D eigenvalue weighted by molar-refractivity contribution is -0.117. The van der Waals surface area contributed by atoms with E-state index in [1.54, 1.807) is 0 Å². The van der Waals surface area contributed by atoms with Gasteiger partial charge in [0.1, 0.15) is 6.61 Å². The Morgan fingerprint density at radius 3 is 2.70 bits per heavy atom. The van der Waals surface area contributed by atoms with E-state index in [1.165, 1.54) is 5.56 Å². The number of carbonyl (C=O) groups excluding carboxylic acids is 1. The van der Waals surface area contributed by atoms with E-state index in [0.717, 1.165) is 31.4 Å². The van der Waals surface area contributed by atoms with Crippen LogP contribution in [0.15, 0.2) is 29.3 Å². The van der Waals surface area contributed by atoms with Gasteiger partial charge in [0, 0.05) is 11.6 Å². The number of aryl methyl sites for hydroxylation is 1. The lowest BCUT2D eigenvalue weighted by Crippen LogP contribution is -2.13. The number of hydrogen-bond donors (Lipinski definition) is 2. The van der Waals surface area contributed by atoms with E-state index in [2.05, 4.69) is 10.3 Å². The minimum atomic E-state index is 0.144. The van der Waals surface area contributed by atoms with Gasteiger partial charge >= 0.3 is 0 Å². The summed E-state index contributed by atoms with van der Waals surface area (Å²) in [6, 6.07) is 8.48. The normalized spacial score (nSPS) is 21.2. The predicted molar refractivity (Wildman–Crippen MR) is 77.5 cm³/mol. The minimum absolute atomic E-state index is 0.144. The number of aliphatic imine (C=N–C) groups is 1. The van der Waals surface area contributed by atoms with Gasteiger partial charge in [-0.3, -0.25) is 4.79 Å². The highest BCUT2D eigenvalue weighted by Gasteiger charge is 2.29. The van der Waals surface area contributed by atoms with Crippen molar-refractivity contribution in [3.63, 3.8) is 0 Å². The maximum atomic E-state index is 11.6. The molecule has 0 spiro atoms. The first-order chi connectivity index (χ1) is 9.70. The van der Waals surface area contributed by atoms with Crippen molar-refractivity contribution in [2.24, 2.45) is 16.6 Å². The van der Waals surface area contributed by atoms with Gasteiger partial charge in [0.25, 0.3) is 6.02 Å². The Balaban J connectivity index is 1.49. The maximum absolute atomic E-state index is 11.6. The number of nitrogens with two attached hydrogens (primary N) is 1. The number of benzene rings is 1. The molecule has 1 aliphatic carbocycles. The van der Waals surface area contributed by atoms with Crippen LogP contribution in [-0.2, 0) is 16.0 Å². The summed E-state index contributed by atoms with van der Waals surface area (Å²) < 4.78 is 5.13. The first-order valence-electron chi connectivity index (χ1n) is 7.06. The maximum Gasteiger partial charge on any atom is 0.282 e. The largest absolute Gasteiger partial charge is 0.463 e. The zero-order valence-corrected chi connectivity index (χ0v) is 11.3. The number of carbonyl (C=O) groups is 1. The summed E-state index contributed by atoms with van der Waals surface area (Å²) in [5, 5.41) is 2.94. The first-order valence-corrected chi connectivity index (χ1v) is 7.06. The lowest BCUT2D eigenvalue weighted by atomic mass is 10.1. The highest BCUT2D eigenvalue weighted by Crippen LogP contribution is 2.30. The Morgan fingerprint density at radius 2 is 2.10 bits per heavy atom. The molecule has 2 aliphatic rings. The molecule has 20 heavy (non-hydrogen) atoms. The summed E-state index contributed by atoms with van der Waals surface area (Å²) in [5.41, 5.74) is 7.58. The molecule has 0 saturated heterocycles. The van der Waals surface area contributed by atoms with Crippen molar-refractivity contribution in [3.8, 4) is 0 Å². The van der Waals surface area contributed by atoms with Gasteiger partial charge in [0.05, 0.1) is 6.04 Å². The summed E-state index contributed by atoms with van der Waals surface area (Å²) in [5.74, 6) is 0.381. The topological polar surface area (TPSA) is 76.7 Å². The van der Waals surface area contributed by atoms with Gasteiger partial charge in [0.15, 0.2) is 0 Å². The molecule has 0 bridgehead atoms. The molecule has 1 saturated carbocycles. The van der Waals surface area contributed by atoms with Crippen molar-refractivity contribution >= 4 is 17.6 Å². The van der Waals surface area contributed by atoms with E-state index >= 15 is 0 Å². The number of amidine groups is 1. The van der Waals surface area contributed by atoms with E-state index in [1.807, 2.05) is 24.3 Å². The lowest BCUT2D eigenvalue weighted by Gasteiger charge is -2.07.